The van der Waals surface area contributed by atoms with Crippen LogP contribution in [0.2, 0.25) is 0 Å². The Morgan fingerprint density at radius 2 is 1.96 bits per heavy atom. The molecule has 1 heterocycles. The lowest BCUT2D eigenvalue weighted by atomic mass is 10.2. The van der Waals surface area contributed by atoms with Crippen LogP contribution in [-0.4, -0.2) is 31.3 Å². The summed E-state index contributed by atoms with van der Waals surface area (Å²) < 4.78 is 26.3. The van der Waals surface area contributed by atoms with Crippen molar-refractivity contribution in [2.24, 2.45) is 4.99 Å². The molecule has 0 radical (unpaired) electrons. The van der Waals surface area contributed by atoms with E-state index in [2.05, 4.69) is 4.99 Å². The van der Waals surface area contributed by atoms with Crippen LogP contribution >= 0.6 is 11.3 Å². The predicted octanol–water partition coefficient (Wildman–Crippen LogP) is 3.24. The Balaban J connectivity index is 2.05. The number of fused-ring (bicyclic) bond motifs is 1. The molecule has 0 fully saturated rings. The SMILES string of the molecule is COCCn1c(=NC(=O)c2ccc(OC)cc2)sc2cc(F)ccc21. The van der Waals surface area contributed by atoms with Crippen LogP contribution in [-0.2, 0) is 11.3 Å². The average Bonchev–Trinajstić information content (AvgIpc) is 2.95. The van der Waals surface area contributed by atoms with Crippen LogP contribution in [0.4, 0.5) is 4.39 Å². The second-order valence-corrected chi connectivity index (χ2v) is 6.30. The van der Waals surface area contributed by atoms with Gasteiger partial charge in [-0.3, -0.25) is 4.79 Å². The minimum Gasteiger partial charge on any atom is -0.497 e. The first-order valence-corrected chi connectivity index (χ1v) is 8.45. The number of carbonyl (C=O) groups excluding carboxylic acids is 1. The van der Waals surface area contributed by atoms with E-state index in [0.29, 0.717) is 29.3 Å². The minimum absolute atomic E-state index is 0.319. The van der Waals surface area contributed by atoms with Crippen LogP contribution in [0.25, 0.3) is 10.2 Å². The fraction of sp³-hybridized carbons (Fsp3) is 0.222. The molecule has 0 aliphatic rings. The second kappa shape index (κ2) is 7.58. The summed E-state index contributed by atoms with van der Waals surface area (Å²) >= 11 is 1.27. The Bertz CT molecular complexity index is 961. The Hall–Kier alpha value is -2.51. The third kappa shape index (κ3) is 3.78. The number of nitrogens with zero attached hydrogens (tertiary/aromatic N) is 2. The number of benzene rings is 2. The molecule has 0 aliphatic carbocycles. The number of rotatable bonds is 5. The summed E-state index contributed by atoms with van der Waals surface area (Å²) in [6.07, 6.45) is 0. The quantitative estimate of drug-likeness (QED) is 0.702. The Kier molecular flexibility index (Phi) is 5.25. The van der Waals surface area contributed by atoms with Gasteiger partial charge < -0.3 is 14.0 Å². The third-order valence-corrected chi connectivity index (χ3v) is 4.74. The van der Waals surface area contributed by atoms with E-state index >= 15 is 0 Å². The lowest BCUT2D eigenvalue weighted by Crippen LogP contribution is -2.19. The van der Waals surface area contributed by atoms with E-state index < -0.39 is 0 Å². The minimum atomic E-state index is -0.360. The van der Waals surface area contributed by atoms with Crippen LogP contribution in [0.5, 0.6) is 5.75 Å². The molecule has 25 heavy (non-hydrogen) atoms. The number of halogens is 1. The molecule has 1 aromatic heterocycles. The van der Waals surface area contributed by atoms with Gasteiger partial charge in [-0.15, -0.1) is 0 Å². The van der Waals surface area contributed by atoms with Crippen molar-refractivity contribution in [2.45, 2.75) is 6.54 Å². The van der Waals surface area contributed by atoms with E-state index in [9.17, 15) is 9.18 Å². The molecule has 0 saturated carbocycles. The fourth-order valence-electron chi connectivity index (χ4n) is 2.42. The lowest BCUT2D eigenvalue weighted by Gasteiger charge is -2.04. The molecular formula is C18H17FN2O3S. The van der Waals surface area contributed by atoms with Crippen molar-refractivity contribution in [3.8, 4) is 5.75 Å². The van der Waals surface area contributed by atoms with E-state index in [4.69, 9.17) is 9.47 Å². The molecule has 0 spiro atoms. The van der Waals surface area contributed by atoms with Gasteiger partial charge in [-0.1, -0.05) is 11.3 Å². The first kappa shape index (κ1) is 17.3. The van der Waals surface area contributed by atoms with Gasteiger partial charge in [0.05, 0.1) is 23.9 Å². The highest BCUT2D eigenvalue weighted by Gasteiger charge is 2.10. The van der Waals surface area contributed by atoms with Crippen molar-refractivity contribution < 1.29 is 18.7 Å². The van der Waals surface area contributed by atoms with Gasteiger partial charge in [-0.2, -0.15) is 4.99 Å². The van der Waals surface area contributed by atoms with E-state index in [1.807, 2.05) is 4.57 Å². The molecular weight excluding hydrogens is 343 g/mol. The van der Waals surface area contributed by atoms with Crippen LogP contribution in [0, 0.1) is 5.82 Å². The number of hydrogen-bond donors (Lipinski definition) is 0. The molecule has 1 amide bonds. The Morgan fingerprint density at radius 3 is 2.64 bits per heavy atom. The maximum Gasteiger partial charge on any atom is 0.279 e. The van der Waals surface area contributed by atoms with E-state index in [-0.39, 0.29) is 11.7 Å². The number of thiazole rings is 1. The Morgan fingerprint density at radius 1 is 1.20 bits per heavy atom. The summed E-state index contributed by atoms with van der Waals surface area (Å²) in [5.41, 5.74) is 1.28. The molecule has 7 heteroatoms. The van der Waals surface area contributed by atoms with Crippen molar-refractivity contribution >= 4 is 27.5 Å². The monoisotopic (exact) mass is 360 g/mol. The van der Waals surface area contributed by atoms with Gasteiger partial charge >= 0.3 is 0 Å². The highest BCUT2D eigenvalue weighted by atomic mass is 32.1. The summed E-state index contributed by atoms with van der Waals surface area (Å²) in [4.78, 5) is 17.2. The first-order valence-electron chi connectivity index (χ1n) is 7.63. The van der Waals surface area contributed by atoms with Crippen LogP contribution in [0.1, 0.15) is 10.4 Å². The summed E-state index contributed by atoms with van der Waals surface area (Å²) in [5, 5.41) is 0. The molecule has 0 unspecified atom stereocenters. The zero-order valence-corrected chi connectivity index (χ0v) is 14.7. The molecule has 0 bridgehead atoms. The maximum absolute atomic E-state index is 13.5. The summed E-state index contributed by atoms with van der Waals surface area (Å²) in [6, 6.07) is 11.3. The van der Waals surface area contributed by atoms with Gasteiger partial charge in [-0.05, 0) is 42.5 Å². The second-order valence-electron chi connectivity index (χ2n) is 5.29. The Labute approximate surface area is 148 Å². The van der Waals surface area contributed by atoms with Gasteiger partial charge in [0, 0.05) is 19.2 Å². The van der Waals surface area contributed by atoms with Crippen molar-refractivity contribution in [2.75, 3.05) is 20.8 Å². The molecule has 130 valence electrons. The predicted molar refractivity (Wildman–Crippen MR) is 94.5 cm³/mol. The molecule has 5 nitrogen and oxygen atoms in total. The van der Waals surface area contributed by atoms with Gasteiger partial charge in [-0.25, -0.2) is 4.39 Å². The number of hydrogen-bond acceptors (Lipinski definition) is 4. The lowest BCUT2D eigenvalue weighted by molar-refractivity contribution is 0.0997. The first-order chi connectivity index (χ1) is 12.1. The van der Waals surface area contributed by atoms with Crippen molar-refractivity contribution in [1.29, 1.82) is 0 Å². The summed E-state index contributed by atoms with van der Waals surface area (Å²) in [6.45, 7) is 0.990. The fourth-order valence-corrected chi connectivity index (χ4v) is 3.50. The molecule has 0 saturated heterocycles. The van der Waals surface area contributed by atoms with Crippen molar-refractivity contribution in [3.63, 3.8) is 0 Å². The molecule has 0 aliphatic heterocycles. The highest BCUT2D eigenvalue weighted by molar-refractivity contribution is 7.16. The highest BCUT2D eigenvalue weighted by Crippen LogP contribution is 2.19. The third-order valence-electron chi connectivity index (χ3n) is 3.70. The molecule has 3 aromatic rings. The van der Waals surface area contributed by atoms with E-state index in [1.54, 1.807) is 44.6 Å². The van der Waals surface area contributed by atoms with E-state index in [0.717, 1.165) is 10.2 Å². The molecule has 3 rings (SSSR count). The van der Waals surface area contributed by atoms with Crippen molar-refractivity contribution in [1.82, 2.24) is 4.57 Å². The number of ether oxygens (including phenoxy) is 2. The topological polar surface area (TPSA) is 52.8 Å². The smallest absolute Gasteiger partial charge is 0.279 e. The normalized spacial score (nSPS) is 11.9. The van der Waals surface area contributed by atoms with Gasteiger partial charge in [0.2, 0.25) is 0 Å². The van der Waals surface area contributed by atoms with Gasteiger partial charge in [0.25, 0.3) is 5.91 Å². The summed E-state index contributed by atoms with van der Waals surface area (Å²) in [7, 11) is 3.17. The number of amides is 1. The van der Waals surface area contributed by atoms with Crippen molar-refractivity contribution in [3.05, 3.63) is 58.6 Å². The summed E-state index contributed by atoms with van der Waals surface area (Å²) in [5.74, 6) is -0.00873. The van der Waals surface area contributed by atoms with Crippen LogP contribution in [0.15, 0.2) is 47.5 Å². The average molecular weight is 360 g/mol. The maximum atomic E-state index is 13.5. The molecule has 0 atom stereocenters. The molecule has 0 N–H and O–H groups in total. The zero-order chi connectivity index (χ0) is 17.8. The van der Waals surface area contributed by atoms with E-state index in [1.165, 1.54) is 23.5 Å². The standard InChI is InChI=1S/C18H17FN2O3S/c1-23-10-9-21-15-8-5-13(19)11-16(15)25-18(21)20-17(22)12-3-6-14(24-2)7-4-12/h3-8,11H,9-10H2,1-2H3. The van der Waals surface area contributed by atoms with Gasteiger partial charge in [0.1, 0.15) is 11.6 Å². The van der Waals surface area contributed by atoms with Gasteiger partial charge in [0.15, 0.2) is 4.80 Å². The largest absolute Gasteiger partial charge is 0.497 e. The number of carbonyl (C=O) groups is 1. The number of methoxy groups -OCH3 is 2. The molecule has 2 aromatic carbocycles. The zero-order valence-electron chi connectivity index (χ0n) is 13.9. The number of aromatic nitrogens is 1. The van der Waals surface area contributed by atoms with Crippen LogP contribution in [0.3, 0.4) is 0 Å². The van der Waals surface area contributed by atoms with Crippen LogP contribution < -0.4 is 9.54 Å².